The van der Waals surface area contributed by atoms with Gasteiger partial charge in [0, 0.05) is 13.1 Å². The molecule has 0 saturated carbocycles. The minimum atomic E-state index is -0.259. The topological polar surface area (TPSA) is 58.0 Å². The highest BCUT2D eigenvalue weighted by atomic mass is 19.1. The monoisotopic (exact) mass is 326 g/mol. The van der Waals surface area contributed by atoms with Crippen molar-refractivity contribution in [2.45, 2.75) is 26.8 Å². The van der Waals surface area contributed by atoms with Crippen LogP contribution in [-0.4, -0.2) is 17.7 Å². The molecule has 1 fully saturated rings. The molecule has 1 aromatic heterocycles. The molecule has 126 valence electrons. The largest absolute Gasteiger partial charge is 0.396 e. The van der Waals surface area contributed by atoms with Crippen molar-refractivity contribution >= 4 is 11.5 Å². The molecule has 1 aromatic carbocycles. The van der Waals surface area contributed by atoms with Crippen molar-refractivity contribution in [3.63, 3.8) is 0 Å². The van der Waals surface area contributed by atoms with Crippen LogP contribution in [0.15, 0.2) is 30.3 Å². The summed E-state index contributed by atoms with van der Waals surface area (Å²) in [6, 6.07) is 10.4. The number of halogens is 1. The fraction of sp³-hybridized carbons (Fsp3) is 0.421. The quantitative estimate of drug-likeness (QED) is 0.937. The number of benzene rings is 1. The van der Waals surface area contributed by atoms with Crippen molar-refractivity contribution in [3.05, 3.63) is 47.4 Å². The number of piperidine rings is 1. The van der Waals surface area contributed by atoms with Gasteiger partial charge in [-0.3, -0.25) is 0 Å². The lowest BCUT2D eigenvalue weighted by Crippen LogP contribution is -2.40. The molecule has 0 unspecified atom stereocenters. The van der Waals surface area contributed by atoms with E-state index in [1.807, 2.05) is 4.57 Å². The number of hydrogen-bond donors (Lipinski definition) is 1. The lowest BCUT2D eigenvalue weighted by Gasteiger charge is -2.37. The second kappa shape index (κ2) is 6.56. The van der Waals surface area contributed by atoms with Crippen LogP contribution < -0.4 is 10.6 Å². The van der Waals surface area contributed by atoms with Crippen LogP contribution in [-0.2, 0) is 6.54 Å². The maximum atomic E-state index is 13.1. The summed E-state index contributed by atoms with van der Waals surface area (Å²) in [5.74, 6) is 1.83. The zero-order valence-electron chi connectivity index (χ0n) is 14.2. The second-order valence-electron chi connectivity index (χ2n) is 6.98. The predicted molar refractivity (Wildman–Crippen MR) is 94.2 cm³/mol. The molecular weight excluding hydrogens is 303 g/mol. The highest BCUT2D eigenvalue weighted by molar-refractivity contribution is 5.68. The van der Waals surface area contributed by atoms with Gasteiger partial charge in [0.25, 0.3) is 0 Å². The smallest absolute Gasteiger partial charge is 0.133 e. The van der Waals surface area contributed by atoms with E-state index in [-0.39, 0.29) is 5.82 Å². The van der Waals surface area contributed by atoms with Crippen LogP contribution in [0.25, 0.3) is 0 Å². The Balaban J connectivity index is 1.98. The van der Waals surface area contributed by atoms with Crippen molar-refractivity contribution < 1.29 is 4.39 Å². The fourth-order valence-electron chi connectivity index (χ4n) is 3.77. The van der Waals surface area contributed by atoms with E-state index in [4.69, 9.17) is 5.73 Å². The zero-order valence-corrected chi connectivity index (χ0v) is 14.2. The molecule has 2 N–H and O–H groups in total. The minimum Gasteiger partial charge on any atom is -0.396 e. The van der Waals surface area contributed by atoms with E-state index in [1.165, 1.54) is 18.6 Å². The molecule has 0 spiro atoms. The SMILES string of the molecule is C[C@@H]1C[C@@H](C)CN(c2c(N)cc(C#N)n2Cc2ccc(F)cc2)C1. The normalized spacial score (nSPS) is 20.8. The Morgan fingerprint density at radius 1 is 1.21 bits per heavy atom. The van der Waals surface area contributed by atoms with Crippen molar-refractivity contribution in [2.24, 2.45) is 11.8 Å². The van der Waals surface area contributed by atoms with Crippen molar-refractivity contribution in [2.75, 3.05) is 23.7 Å². The summed E-state index contributed by atoms with van der Waals surface area (Å²) in [5, 5.41) is 9.48. The van der Waals surface area contributed by atoms with Gasteiger partial charge in [-0.15, -0.1) is 0 Å². The summed E-state index contributed by atoms with van der Waals surface area (Å²) in [6.45, 7) is 6.88. The molecular formula is C19H23FN4. The van der Waals surface area contributed by atoms with Crippen LogP contribution in [0.3, 0.4) is 0 Å². The van der Waals surface area contributed by atoms with Crippen molar-refractivity contribution in [3.8, 4) is 6.07 Å². The lowest BCUT2D eigenvalue weighted by atomic mass is 9.92. The second-order valence-corrected chi connectivity index (χ2v) is 6.98. The Morgan fingerprint density at radius 2 is 1.83 bits per heavy atom. The molecule has 2 aromatic rings. The zero-order chi connectivity index (χ0) is 17.3. The average Bonchev–Trinajstić information content (AvgIpc) is 2.84. The van der Waals surface area contributed by atoms with Crippen molar-refractivity contribution in [1.29, 1.82) is 5.26 Å². The van der Waals surface area contributed by atoms with Gasteiger partial charge in [-0.05, 0) is 42.0 Å². The van der Waals surface area contributed by atoms with Gasteiger partial charge in [-0.1, -0.05) is 26.0 Å². The van der Waals surface area contributed by atoms with E-state index in [1.54, 1.807) is 18.2 Å². The highest BCUT2D eigenvalue weighted by Crippen LogP contribution is 2.33. The Labute approximate surface area is 142 Å². The van der Waals surface area contributed by atoms with E-state index in [0.717, 1.165) is 24.5 Å². The van der Waals surface area contributed by atoms with Gasteiger partial charge < -0.3 is 15.2 Å². The summed E-state index contributed by atoms with van der Waals surface area (Å²) in [4.78, 5) is 2.29. The summed E-state index contributed by atoms with van der Waals surface area (Å²) in [5.41, 5.74) is 8.36. The van der Waals surface area contributed by atoms with Gasteiger partial charge in [0.15, 0.2) is 0 Å². The lowest BCUT2D eigenvalue weighted by molar-refractivity contribution is 0.353. The van der Waals surface area contributed by atoms with Gasteiger partial charge >= 0.3 is 0 Å². The third-order valence-corrected chi connectivity index (χ3v) is 4.63. The minimum absolute atomic E-state index is 0.259. The van der Waals surface area contributed by atoms with Crippen LogP contribution >= 0.6 is 0 Å². The third kappa shape index (κ3) is 3.23. The van der Waals surface area contributed by atoms with E-state index in [2.05, 4.69) is 24.8 Å². The Hall–Kier alpha value is -2.48. The molecule has 1 saturated heterocycles. The number of aromatic nitrogens is 1. The van der Waals surface area contributed by atoms with Crippen LogP contribution in [0.4, 0.5) is 15.9 Å². The standard InChI is InChI=1S/C19H23FN4/c1-13-7-14(2)11-23(10-13)19-18(22)8-17(9-21)24(19)12-15-3-5-16(20)6-4-15/h3-6,8,13-14H,7,10-12,22H2,1-2H3/t13-,14-/m1/s1. The molecule has 0 amide bonds. The summed E-state index contributed by atoms with van der Waals surface area (Å²) >= 11 is 0. The van der Waals surface area contributed by atoms with Crippen LogP contribution in [0.2, 0.25) is 0 Å². The van der Waals surface area contributed by atoms with Gasteiger partial charge in [0.05, 0.1) is 12.2 Å². The Kier molecular flexibility index (Phi) is 4.48. The maximum absolute atomic E-state index is 13.1. The molecule has 24 heavy (non-hydrogen) atoms. The first-order chi connectivity index (χ1) is 11.5. The highest BCUT2D eigenvalue weighted by Gasteiger charge is 2.27. The molecule has 5 heteroatoms. The number of nitrogen functional groups attached to an aromatic ring is 1. The molecule has 3 rings (SSSR count). The number of rotatable bonds is 3. The Morgan fingerprint density at radius 3 is 2.42 bits per heavy atom. The molecule has 1 aliphatic heterocycles. The van der Waals surface area contributed by atoms with Crippen molar-refractivity contribution in [1.82, 2.24) is 4.57 Å². The molecule has 4 nitrogen and oxygen atoms in total. The molecule has 2 heterocycles. The van der Waals surface area contributed by atoms with Gasteiger partial charge in [-0.25, -0.2) is 4.39 Å². The number of anilines is 2. The first kappa shape index (κ1) is 16.4. The number of nitrogens with zero attached hydrogens (tertiary/aromatic N) is 3. The van der Waals surface area contributed by atoms with E-state index >= 15 is 0 Å². The number of nitrogens with two attached hydrogens (primary N) is 1. The fourth-order valence-corrected chi connectivity index (χ4v) is 3.77. The van der Waals surface area contributed by atoms with Crippen LogP contribution in [0, 0.1) is 29.0 Å². The molecule has 1 aliphatic rings. The molecule has 0 aliphatic carbocycles. The summed E-state index contributed by atoms with van der Waals surface area (Å²) in [6.07, 6.45) is 1.21. The van der Waals surface area contributed by atoms with E-state index < -0.39 is 0 Å². The summed E-state index contributed by atoms with van der Waals surface area (Å²) < 4.78 is 15.1. The van der Waals surface area contributed by atoms with Gasteiger partial charge in [0.2, 0.25) is 0 Å². The molecule has 0 radical (unpaired) electrons. The predicted octanol–water partition coefficient (Wildman–Crippen LogP) is 3.61. The first-order valence-corrected chi connectivity index (χ1v) is 8.36. The maximum Gasteiger partial charge on any atom is 0.133 e. The molecule has 2 atom stereocenters. The van der Waals surface area contributed by atoms with E-state index in [0.29, 0.717) is 29.8 Å². The van der Waals surface area contributed by atoms with Gasteiger partial charge in [-0.2, -0.15) is 5.26 Å². The van der Waals surface area contributed by atoms with Crippen LogP contribution in [0.5, 0.6) is 0 Å². The average molecular weight is 326 g/mol. The van der Waals surface area contributed by atoms with Crippen LogP contribution in [0.1, 0.15) is 31.5 Å². The third-order valence-electron chi connectivity index (χ3n) is 4.63. The molecule has 0 bridgehead atoms. The van der Waals surface area contributed by atoms with Gasteiger partial charge in [0.1, 0.15) is 23.4 Å². The number of hydrogen-bond acceptors (Lipinski definition) is 3. The van der Waals surface area contributed by atoms with E-state index in [9.17, 15) is 9.65 Å². The number of nitriles is 1. The first-order valence-electron chi connectivity index (χ1n) is 8.36. The summed E-state index contributed by atoms with van der Waals surface area (Å²) in [7, 11) is 0. The Bertz CT molecular complexity index is 747.